The zero-order valence-electron chi connectivity index (χ0n) is 17.1. The zero-order valence-corrected chi connectivity index (χ0v) is 17.1. The first-order valence-corrected chi connectivity index (χ1v) is 10.1. The number of guanidine groups is 1. The molecule has 2 rings (SSSR count). The molecule has 1 unspecified atom stereocenters. The van der Waals surface area contributed by atoms with Crippen LogP contribution in [0.4, 0.5) is 0 Å². The second-order valence-electron chi connectivity index (χ2n) is 7.33. The number of ether oxygens (including phenoxy) is 2. The van der Waals surface area contributed by atoms with Gasteiger partial charge in [-0.3, -0.25) is 9.89 Å². The Morgan fingerprint density at radius 2 is 2.11 bits per heavy atom. The van der Waals surface area contributed by atoms with Crippen molar-refractivity contribution in [2.75, 3.05) is 52.5 Å². The molecule has 1 fully saturated rings. The van der Waals surface area contributed by atoms with E-state index in [1.165, 1.54) is 5.56 Å². The van der Waals surface area contributed by atoms with Crippen molar-refractivity contribution in [3.63, 3.8) is 0 Å². The van der Waals surface area contributed by atoms with Gasteiger partial charge in [-0.1, -0.05) is 44.2 Å². The van der Waals surface area contributed by atoms with E-state index in [9.17, 15) is 0 Å². The Morgan fingerprint density at radius 3 is 2.85 bits per heavy atom. The molecule has 0 aromatic heterocycles. The van der Waals surface area contributed by atoms with E-state index in [0.717, 1.165) is 45.3 Å². The third-order valence-electron chi connectivity index (χ3n) is 4.29. The van der Waals surface area contributed by atoms with E-state index in [-0.39, 0.29) is 6.10 Å². The minimum absolute atomic E-state index is 0.169. The predicted octanol–water partition coefficient (Wildman–Crippen LogP) is 2.12. The largest absolute Gasteiger partial charge is 0.375 e. The van der Waals surface area contributed by atoms with Gasteiger partial charge in [-0.15, -0.1) is 0 Å². The van der Waals surface area contributed by atoms with Crippen molar-refractivity contribution in [2.45, 2.75) is 33.5 Å². The maximum absolute atomic E-state index is 5.88. The SMILES string of the molecule is CCNC(=NCC1CN(CC(C)C)CCO1)NCCOCc1ccccc1. The van der Waals surface area contributed by atoms with Gasteiger partial charge in [0.1, 0.15) is 0 Å². The Bertz CT molecular complexity index is 536. The van der Waals surface area contributed by atoms with Crippen LogP contribution in [0.1, 0.15) is 26.3 Å². The number of rotatable bonds is 10. The van der Waals surface area contributed by atoms with Gasteiger partial charge in [0.25, 0.3) is 0 Å². The summed E-state index contributed by atoms with van der Waals surface area (Å²) < 4.78 is 11.6. The fourth-order valence-corrected chi connectivity index (χ4v) is 3.11. The molecule has 0 bridgehead atoms. The van der Waals surface area contributed by atoms with E-state index in [1.54, 1.807) is 0 Å². The van der Waals surface area contributed by atoms with Gasteiger partial charge in [0.05, 0.1) is 32.5 Å². The van der Waals surface area contributed by atoms with Crippen LogP contribution >= 0.6 is 0 Å². The summed E-state index contributed by atoms with van der Waals surface area (Å²) in [5.41, 5.74) is 1.19. The molecular weight excluding hydrogens is 340 g/mol. The van der Waals surface area contributed by atoms with Crippen LogP contribution in [0.15, 0.2) is 35.3 Å². The maximum atomic E-state index is 5.88. The second-order valence-corrected chi connectivity index (χ2v) is 7.33. The molecule has 6 nitrogen and oxygen atoms in total. The van der Waals surface area contributed by atoms with Crippen LogP contribution in [-0.4, -0.2) is 69.4 Å². The lowest BCUT2D eigenvalue weighted by atomic mass is 10.2. The summed E-state index contributed by atoms with van der Waals surface area (Å²) in [6.07, 6.45) is 0.169. The van der Waals surface area contributed by atoms with Crippen molar-refractivity contribution in [3.05, 3.63) is 35.9 Å². The van der Waals surface area contributed by atoms with E-state index in [2.05, 4.69) is 48.4 Å². The van der Waals surface area contributed by atoms with Gasteiger partial charge in [0.15, 0.2) is 5.96 Å². The zero-order chi connectivity index (χ0) is 19.3. The number of morpholine rings is 1. The molecule has 1 aromatic carbocycles. The lowest BCUT2D eigenvalue weighted by Gasteiger charge is -2.33. The van der Waals surface area contributed by atoms with Crippen LogP contribution in [0.25, 0.3) is 0 Å². The fraction of sp³-hybridized carbons (Fsp3) is 0.667. The lowest BCUT2D eigenvalue weighted by molar-refractivity contribution is -0.0261. The molecule has 6 heteroatoms. The summed E-state index contributed by atoms with van der Waals surface area (Å²) >= 11 is 0. The summed E-state index contributed by atoms with van der Waals surface area (Å²) in [5, 5.41) is 6.62. The standard InChI is InChI=1S/C21H36N4O2/c1-4-22-21(23-10-12-26-17-19-8-6-5-7-9-19)24-14-20-16-25(11-13-27-20)15-18(2)3/h5-9,18,20H,4,10-17H2,1-3H3,(H2,22,23,24). The van der Waals surface area contributed by atoms with E-state index in [4.69, 9.17) is 14.5 Å². The van der Waals surface area contributed by atoms with Gasteiger partial charge in [-0.25, -0.2) is 0 Å². The minimum atomic E-state index is 0.169. The molecule has 1 heterocycles. The molecule has 1 saturated heterocycles. The van der Waals surface area contributed by atoms with Crippen LogP contribution < -0.4 is 10.6 Å². The molecule has 2 N–H and O–H groups in total. The minimum Gasteiger partial charge on any atom is -0.375 e. The summed E-state index contributed by atoms with van der Waals surface area (Å²) in [6.45, 7) is 14.0. The van der Waals surface area contributed by atoms with Crippen LogP contribution in [0, 0.1) is 5.92 Å². The monoisotopic (exact) mass is 376 g/mol. The highest BCUT2D eigenvalue weighted by molar-refractivity contribution is 5.79. The molecule has 1 aromatic rings. The number of aliphatic imine (C=N–C) groups is 1. The Labute approximate surface area is 164 Å². The Kier molecular flexibility index (Phi) is 10.2. The van der Waals surface area contributed by atoms with Gasteiger partial charge in [0.2, 0.25) is 0 Å². The second kappa shape index (κ2) is 12.7. The summed E-state index contributed by atoms with van der Waals surface area (Å²) in [7, 11) is 0. The predicted molar refractivity (Wildman–Crippen MR) is 111 cm³/mol. The molecule has 1 aliphatic heterocycles. The van der Waals surface area contributed by atoms with Crippen molar-refractivity contribution in [1.82, 2.24) is 15.5 Å². The molecule has 1 aliphatic rings. The number of hydrogen-bond donors (Lipinski definition) is 2. The highest BCUT2D eigenvalue weighted by Crippen LogP contribution is 2.08. The van der Waals surface area contributed by atoms with Crippen molar-refractivity contribution in [1.29, 1.82) is 0 Å². The van der Waals surface area contributed by atoms with Crippen LogP contribution in [-0.2, 0) is 16.1 Å². The number of hydrogen-bond acceptors (Lipinski definition) is 4. The fourth-order valence-electron chi connectivity index (χ4n) is 3.11. The van der Waals surface area contributed by atoms with Gasteiger partial charge < -0.3 is 20.1 Å². The van der Waals surface area contributed by atoms with Gasteiger partial charge >= 0.3 is 0 Å². The Hall–Kier alpha value is -1.63. The molecule has 0 saturated carbocycles. The van der Waals surface area contributed by atoms with Crippen molar-refractivity contribution in [3.8, 4) is 0 Å². The third-order valence-corrected chi connectivity index (χ3v) is 4.29. The van der Waals surface area contributed by atoms with Crippen LogP contribution in [0.2, 0.25) is 0 Å². The molecule has 0 radical (unpaired) electrons. The Morgan fingerprint density at radius 1 is 1.30 bits per heavy atom. The number of nitrogens with one attached hydrogen (secondary N) is 2. The molecule has 0 spiro atoms. The van der Waals surface area contributed by atoms with Crippen molar-refractivity contribution < 1.29 is 9.47 Å². The van der Waals surface area contributed by atoms with E-state index in [1.807, 2.05) is 18.2 Å². The highest BCUT2D eigenvalue weighted by Gasteiger charge is 2.20. The highest BCUT2D eigenvalue weighted by atomic mass is 16.5. The lowest BCUT2D eigenvalue weighted by Crippen LogP contribution is -2.46. The Balaban J connectivity index is 1.68. The van der Waals surface area contributed by atoms with Crippen molar-refractivity contribution >= 4 is 5.96 Å². The molecule has 1 atom stereocenters. The molecule has 0 amide bonds. The molecule has 27 heavy (non-hydrogen) atoms. The molecule has 152 valence electrons. The first kappa shape index (κ1) is 21.7. The van der Waals surface area contributed by atoms with Crippen LogP contribution in [0.5, 0.6) is 0 Å². The van der Waals surface area contributed by atoms with E-state index < -0.39 is 0 Å². The van der Waals surface area contributed by atoms with E-state index >= 15 is 0 Å². The average molecular weight is 377 g/mol. The summed E-state index contributed by atoms with van der Waals surface area (Å²) in [5.74, 6) is 1.51. The van der Waals surface area contributed by atoms with Crippen molar-refractivity contribution in [2.24, 2.45) is 10.9 Å². The van der Waals surface area contributed by atoms with Gasteiger partial charge in [-0.2, -0.15) is 0 Å². The van der Waals surface area contributed by atoms with Gasteiger partial charge in [-0.05, 0) is 18.4 Å². The van der Waals surface area contributed by atoms with Gasteiger partial charge in [0, 0.05) is 32.7 Å². The quantitative estimate of drug-likeness (QED) is 0.372. The number of benzene rings is 1. The maximum Gasteiger partial charge on any atom is 0.191 e. The summed E-state index contributed by atoms with van der Waals surface area (Å²) in [6, 6.07) is 10.2. The first-order chi connectivity index (χ1) is 13.2. The van der Waals surface area contributed by atoms with Crippen LogP contribution in [0.3, 0.4) is 0 Å². The smallest absolute Gasteiger partial charge is 0.191 e. The normalized spacial score (nSPS) is 18.7. The topological polar surface area (TPSA) is 58.1 Å². The van der Waals surface area contributed by atoms with E-state index in [0.29, 0.717) is 25.7 Å². The third kappa shape index (κ3) is 9.22. The number of nitrogens with zero attached hydrogens (tertiary/aromatic N) is 2. The first-order valence-electron chi connectivity index (χ1n) is 10.1. The molecular formula is C21H36N4O2. The molecule has 0 aliphatic carbocycles. The summed E-state index contributed by atoms with van der Waals surface area (Å²) in [4.78, 5) is 7.17. The average Bonchev–Trinajstić information content (AvgIpc) is 2.66.